The molecule has 0 bridgehead atoms. The minimum absolute atomic E-state index is 0.108. The van der Waals surface area contributed by atoms with Crippen molar-refractivity contribution < 1.29 is 0 Å². The molecule has 1 N–H and O–H groups in total. The molecule has 3 aliphatic carbocycles. The molecule has 7 aromatic carbocycles. The molecule has 3 aliphatic rings. The third-order valence-electron chi connectivity index (χ3n) is 12.8. The van der Waals surface area contributed by atoms with Crippen molar-refractivity contribution in [2.24, 2.45) is 0 Å². The number of allylic oxidation sites excluding steroid dienone is 8. The average Bonchev–Trinajstić information content (AvgIpc) is 3.73. The van der Waals surface area contributed by atoms with E-state index in [1.165, 1.54) is 89.2 Å². The second-order valence-corrected chi connectivity index (χ2v) is 16.4. The number of nitrogens with one attached hydrogen (secondary N) is 1. The molecule has 0 saturated heterocycles. The molecule has 10 rings (SSSR count). The largest absolute Gasteiger partial charge is 0.365 e. The van der Waals surface area contributed by atoms with Crippen molar-refractivity contribution in [3.63, 3.8) is 0 Å². The lowest BCUT2D eigenvalue weighted by Gasteiger charge is -2.34. The second-order valence-electron chi connectivity index (χ2n) is 16.4. The van der Waals surface area contributed by atoms with Crippen LogP contribution in [0.2, 0.25) is 0 Å². The Morgan fingerprint density at radius 3 is 1.85 bits per heavy atom. The number of fused-ring (bicyclic) bond motifs is 6. The Morgan fingerprint density at radius 2 is 1.14 bits per heavy atom. The molecule has 0 atom stereocenters. The van der Waals surface area contributed by atoms with Crippen LogP contribution in [-0.4, -0.2) is 0 Å². The van der Waals surface area contributed by atoms with Gasteiger partial charge < -0.3 is 5.32 Å². The van der Waals surface area contributed by atoms with Crippen molar-refractivity contribution in [1.82, 2.24) is 5.32 Å². The van der Waals surface area contributed by atoms with E-state index in [0.717, 1.165) is 12.8 Å². The molecule has 0 amide bonds. The molecule has 7 aromatic rings. The van der Waals surface area contributed by atoms with Crippen LogP contribution in [-0.2, 0) is 10.8 Å². The van der Waals surface area contributed by atoms with E-state index in [2.05, 4.69) is 238 Å². The van der Waals surface area contributed by atoms with Crippen LogP contribution < -0.4 is 5.32 Å². The summed E-state index contributed by atoms with van der Waals surface area (Å²) in [6.45, 7) is 4.74. The van der Waals surface area contributed by atoms with E-state index in [0.29, 0.717) is 0 Å². The molecule has 0 spiro atoms. The fraction of sp³-hybridized carbons (Fsp3) is 0.103. The van der Waals surface area contributed by atoms with Gasteiger partial charge in [-0.15, -0.1) is 0 Å². The van der Waals surface area contributed by atoms with Crippen LogP contribution in [0.25, 0.3) is 33.4 Å². The quantitative estimate of drug-likeness (QED) is 0.145. The van der Waals surface area contributed by atoms with Gasteiger partial charge in [0, 0.05) is 17.3 Å². The standard InChI is InChI=1S/C58H47N/c1-57(2)52-30-16-14-27-48(52)49-38-35-43(40-55(49)57)47(26-13-6-18-39-59-46-36-33-42(34-37-46)41-20-7-3-8-21-41)50-29-19-32-54-56(50)51-28-15-17-31-53(51)58(54,44-22-9-4-10-23-44)45-24-11-5-12-25-45/h3-33,35-36,38-40,59H,34,37H2,1-2H3/b13-6-,39-18+,47-26+. The maximum absolute atomic E-state index is 3.54. The molecular formula is C58H47N. The average molecular weight is 758 g/mol. The molecule has 0 saturated carbocycles. The number of benzene rings is 7. The lowest BCUT2D eigenvalue weighted by atomic mass is 9.67. The predicted octanol–water partition coefficient (Wildman–Crippen LogP) is 14.2. The molecule has 59 heavy (non-hydrogen) atoms. The zero-order valence-electron chi connectivity index (χ0n) is 33.7. The summed E-state index contributed by atoms with van der Waals surface area (Å²) in [6.07, 6.45) is 17.3. The van der Waals surface area contributed by atoms with E-state index in [4.69, 9.17) is 0 Å². The van der Waals surface area contributed by atoms with E-state index in [-0.39, 0.29) is 5.41 Å². The first-order valence-electron chi connectivity index (χ1n) is 20.9. The van der Waals surface area contributed by atoms with Crippen molar-refractivity contribution in [1.29, 1.82) is 0 Å². The van der Waals surface area contributed by atoms with Crippen LogP contribution in [0.4, 0.5) is 0 Å². The Bertz CT molecular complexity index is 2810. The van der Waals surface area contributed by atoms with Crippen LogP contribution >= 0.6 is 0 Å². The van der Waals surface area contributed by atoms with E-state index in [1.54, 1.807) is 0 Å². The van der Waals surface area contributed by atoms with Crippen LogP contribution in [0.5, 0.6) is 0 Å². The molecule has 0 heterocycles. The van der Waals surface area contributed by atoms with Gasteiger partial charge in [-0.25, -0.2) is 0 Å². The highest BCUT2D eigenvalue weighted by atomic mass is 14.8. The first kappa shape index (κ1) is 36.4. The second kappa shape index (κ2) is 15.1. The number of rotatable bonds is 9. The van der Waals surface area contributed by atoms with Gasteiger partial charge in [-0.2, -0.15) is 0 Å². The smallest absolute Gasteiger partial charge is 0.0713 e. The van der Waals surface area contributed by atoms with Crippen molar-refractivity contribution in [3.05, 3.63) is 274 Å². The zero-order chi connectivity index (χ0) is 39.8. The Morgan fingerprint density at radius 1 is 0.508 bits per heavy atom. The maximum Gasteiger partial charge on any atom is 0.0713 e. The molecule has 0 aromatic heterocycles. The fourth-order valence-electron chi connectivity index (χ4n) is 10.0. The Hall–Kier alpha value is -6.96. The van der Waals surface area contributed by atoms with Gasteiger partial charge in [0.05, 0.1) is 5.41 Å². The molecular weight excluding hydrogens is 711 g/mol. The first-order valence-corrected chi connectivity index (χ1v) is 20.9. The molecule has 0 radical (unpaired) electrons. The predicted molar refractivity (Wildman–Crippen MR) is 248 cm³/mol. The van der Waals surface area contributed by atoms with Gasteiger partial charge in [0.2, 0.25) is 0 Å². The lowest BCUT2D eigenvalue weighted by molar-refractivity contribution is 0.660. The highest BCUT2D eigenvalue weighted by Crippen LogP contribution is 2.58. The maximum atomic E-state index is 3.54. The van der Waals surface area contributed by atoms with Gasteiger partial charge in [-0.3, -0.25) is 0 Å². The fourth-order valence-corrected chi connectivity index (χ4v) is 10.0. The van der Waals surface area contributed by atoms with Crippen LogP contribution in [0.1, 0.15) is 76.8 Å². The summed E-state index contributed by atoms with van der Waals surface area (Å²) in [5.41, 5.74) is 20.2. The Labute approximate surface area is 349 Å². The summed E-state index contributed by atoms with van der Waals surface area (Å²) >= 11 is 0. The highest BCUT2D eigenvalue weighted by molar-refractivity contribution is 5.97. The van der Waals surface area contributed by atoms with E-state index in [9.17, 15) is 0 Å². The summed E-state index contributed by atoms with van der Waals surface area (Å²) < 4.78 is 0. The molecule has 0 unspecified atom stereocenters. The minimum Gasteiger partial charge on any atom is -0.365 e. The molecule has 0 fully saturated rings. The number of hydrogen-bond donors (Lipinski definition) is 1. The third-order valence-corrected chi connectivity index (χ3v) is 12.8. The Balaban J connectivity index is 1.09. The number of hydrogen-bond acceptors (Lipinski definition) is 1. The summed E-state index contributed by atoms with van der Waals surface area (Å²) in [5, 5.41) is 3.54. The minimum atomic E-state index is -0.466. The molecule has 0 aliphatic heterocycles. The van der Waals surface area contributed by atoms with Crippen molar-refractivity contribution in [2.75, 3.05) is 0 Å². The van der Waals surface area contributed by atoms with Gasteiger partial charge in [-0.05, 0) is 115 Å². The van der Waals surface area contributed by atoms with Gasteiger partial charge in [0.15, 0.2) is 0 Å². The Kier molecular flexibility index (Phi) is 9.30. The van der Waals surface area contributed by atoms with Crippen LogP contribution in [0.3, 0.4) is 0 Å². The van der Waals surface area contributed by atoms with Gasteiger partial charge >= 0.3 is 0 Å². The monoisotopic (exact) mass is 757 g/mol. The first-order chi connectivity index (χ1) is 29.0. The van der Waals surface area contributed by atoms with Crippen molar-refractivity contribution >= 4 is 11.1 Å². The third kappa shape index (κ3) is 6.17. The summed E-state index contributed by atoms with van der Waals surface area (Å²) in [5.74, 6) is 0. The lowest BCUT2D eigenvalue weighted by Crippen LogP contribution is -2.28. The summed E-state index contributed by atoms with van der Waals surface area (Å²) in [6, 6.07) is 64.9. The topological polar surface area (TPSA) is 12.0 Å². The molecule has 1 heteroatoms. The summed E-state index contributed by atoms with van der Waals surface area (Å²) in [4.78, 5) is 0. The van der Waals surface area contributed by atoms with Crippen molar-refractivity contribution in [2.45, 2.75) is 37.5 Å². The normalized spacial score (nSPS) is 15.9. The zero-order valence-corrected chi connectivity index (χ0v) is 33.7. The van der Waals surface area contributed by atoms with Crippen LogP contribution in [0.15, 0.2) is 224 Å². The molecule has 1 nitrogen and oxygen atoms in total. The van der Waals surface area contributed by atoms with Gasteiger partial charge in [0.25, 0.3) is 0 Å². The van der Waals surface area contributed by atoms with E-state index in [1.807, 2.05) is 0 Å². The molecule has 284 valence electrons. The van der Waals surface area contributed by atoms with E-state index < -0.39 is 5.41 Å². The van der Waals surface area contributed by atoms with E-state index >= 15 is 0 Å². The van der Waals surface area contributed by atoms with Crippen molar-refractivity contribution in [3.8, 4) is 22.3 Å². The van der Waals surface area contributed by atoms with Gasteiger partial charge in [-0.1, -0.05) is 208 Å². The summed E-state index contributed by atoms with van der Waals surface area (Å²) in [7, 11) is 0. The highest BCUT2D eigenvalue weighted by Gasteiger charge is 2.47. The van der Waals surface area contributed by atoms with Crippen LogP contribution in [0, 0.1) is 0 Å². The SMILES string of the molecule is CC1(C)c2ccccc2-c2ccc(\C(=C/C=C\C=C\NC3=CC=C(c4ccccc4)CC3)c3cccc4c3-c3ccccc3C4(c3ccccc3)c3ccccc3)cc21. The van der Waals surface area contributed by atoms with Gasteiger partial charge in [0.1, 0.15) is 0 Å².